The number of allylic oxidation sites excluding steroid dienone is 1. The van der Waals surface area contributed by atoms with Crippen molar-refractivity contribution in [1.82, 2.24) is 0 Å². The number of hydrogen-bond acceptors (Lipinski definition) is 5. The van der Waals surface area contributed by atoms with E-state index < -0.39 is 5.97 Å². The molecule has 0 aromatic rings. The smallest absolute Gasteiger partial charge is 0.372 e. The molecule has 0 amide bonds. The van der Waals surface area contributed by atoms with Gasteiger partial charge in [0.25, 0.3) is 0 Å². The van der Waals surface area contributed by atoms with Crippen molar-refractivity contribution in [3.63, 3.8) is 0 Å². The minimum Gasteiger partial charge on any atom is -0.484 e. The summed E-state index contributed by atoms with van der Waals surface area (Å²) < 4.78 is 14.5. The molecule has 0 saturated heterocycles. The molecule has 0 heterocycles. The highest BCUT2D eigenvalue weighted by molar-refractivity contribution is 5.85. The topological polar surface area (TPSA) is 65.0 Å². The number of rotatable bonds is 7. The molecule has 0 aliphatic heterocycles. The Kier molecular flexibility index (Phi) is 7.87. The van der Waals surface area contributed by atoms with Gasteiger partial charge in [-0.25, -0.2) is 4.79 Å². The van der Waals surface area contributed by atoms with Gasteiger partial charge in [0.05, 0.1) is 26.9 Å². The highest BCUT2D eigenvalue weighted by Crippen LogP contribution is 1.99. The molecule has 5 heteroatoms. The Morgan fingerprint density at radius 1 is 1.36 bits per heavy atom. The summed E-state index contributed by atoms with van der Waals surface area (Å²) in [5, 5.41) is 8.40. The Labute approximate surface area is 83.3 Å². The second-order valence-corrected chi connectivity index (χ2v) is 2.33. The lowest BCUT2D eigenvalue weighted by atomic mass is 10.4. The van der Waals surface area contributed by atoms with E-state index in [4.69, 9.17) is 14.6 Å². The molecular formula is C9H16O5. The van der Waals surface area contributed by atoms with E-state index in [2.05, 4.69) is 4.74 Å². The first kappa shape index (κ1) is 12.9. The Morgan fingerprint density at radius 3 is 2.57 bits per heavy atom. The SMILES string of the molecule is CC=C(OCCOCCO)C(=O)OC. The van der Waals surface area contributed by atoms with E-state index in [1.54, 1.807) is 6.92 Å². The van der Waals surface area contributed by atoms with Gasteiger partial charge in [-0.05, 0) is 13.0 Å². The standard InChI is InChI=1S/C9H16O5/c1-3-8(9(11)12-2)14-7-6-13-5-4-10/h3,10H,4-7H2,1-2H3. The van der Waals surface area contributed by atoms with Crippen molar-refractivity contribution in [2.75, 3.05) is 33.5 Å². The van der Waals surface area contributed by atoms with Crippen molar-refractivity contribution in [3.05, 3.63) is 11.8 Å². The van der Waals surface area contributed by atoms with Gasteiger partial charge in [0.2, 0.25) is 0 Å². The highest BCUT2D eigenvalue weighted by atomic mass is 16.6. The fraction of sp³-hybridized carbons (Fsp3) is 0.667. The molecule has 0 aromatic heterocycles. The van der Waals surface area contributed by atoms with Crippen molar-refractivity contribution in [2.45, 2.75) is 6.92 Å². The largest absolute Gasteiger partial charge is 0.484 e. The van der Waals surface area contributed by atoms with Gasteiger partial charge in [-0.2, -0.15) is 0 Å². The molecule has 0 saturated carbocycles. The zero-order valence-electron chi connectivity index (χ0n) is 8.49. The lowest BCUT2D eigenvalue weighted by molar-refractivity contribution is -0.140. The predicted molar refractivity (Wildman–Crippen MR) is 49.6 cm³/mol. The third-order valence-corrected chi connectivity index (χ3v) is 1.37. The third kappa shape index (κ3) is 5.55. The van der Waals surface area contributed by atoms with Crippen LogP contribution in [0, 0.1) is 0 Å². The van der Waals surface area contributed by atoms with Gasteiger partial charge < -0.3 is 19.3 Å². The zero-order chi connectivity index (χ0) is 10.8. The first-order valence-corrected chi connectivity index (χ1v) is 4.32. The van der Waals surface area contributed by atoms with Crippen molar-refractivity contribution >= 4 is 5.97 Å². The number of aliphatic hydroxyl groups excluding tert-OH is 1. The maximum atomic E-state index is 11.0. The molecule has 0 aliphatic carbocycles. The molecule has 0 radical (unpaired) electrons. The van der Waals surface area contributed by atoms with Crippen LogP contribution in [0.5, 0.6) is 0 Å². The zero-order valence-corrected chi connectivity index (χ0v) is 8.49. The van der Waals surface area contributed by atoms with Crippen molar-refractivity contribution in [2.24, 2.45) is 0 Å². The second kappa shape index (κ2) is 8.52. The molecule has 14 heavy (non-hydrogen) atoms. The van der Waals surface area contributed by atoms with Crippen LogP contribution in [0.25, 0.3) is 0 Å². The van der Waals surface area contributed by atoms with Crippen molar-refractivity contribution in [1.29, 1.82) is 0 Å². The summed E-state index contributed by atoms with van der Waals surface area (Å²) in [5.74, 6) is -0.338. The van der Waals surface area contributed by atoms with Gasteiger partial charge in [-0.15, -0.1) is 0 Å². The van der Waals surface area contributed by atoms with E-state index in [-0.39, 0.29) is 25.6 Å². The van der Waals surface area contributed by atoms with Crippen LogP contribution in [0.3, 0.4) is 0 Å². The van der Waals surface area contributed by atoms with Crippen LogP contribution < -0.4 is 0 Å². The van der Waals surface area contributed by atoms with Crippen molar-refractivity contribution in [3.8, 4) is 0 Å². The number of esters is 1. The molecular weight excluding hydrogens is 188 g/mol. The summed E-state index contributed by atoms with van der Waals surface area (Å²) in [6, 6.07) is 0. The number of methoxy groups -OCH3 is 1. The average Bonchev–Trinajstić information content (AvgIpc) is 2.22. The third-order valence-electron chi connectivity index (χ3n) is 1.37. The summed E-state index contributed by atoms with van der Waals surface area (Å²) in [7, 11) is 1.29. The Hall–Kier alpha value is -1.07. The van der Waals surface area contributed by atoms with Crippen LogP contribution in [0.2, 0.25) is 0 Å². The summed E-state index contributed by atoms with van der Waals surface area (Å²) in [4.78, 5) is 11.0. The molecule has 0 rings (SSSR count). The van der Waals surface area contributed by atoms with Crippen LogP contribution in [-0.4, -0.2) is 44.6 Å². The van der Waals surface area contributed by atoms with Gasteiger partial charge >= 0.3 is 5.97 Å². The van der Waals surface area contributed by atoms with E-state index in [1.165, 1.54) is 13.2 Å². The number of carbonyl (C=O) groups is 1. The molecule has 0 unspecified atom stereocenters. The molecule has 5 nitrogen and oxygen atoms in total. The second-order valence-electron chi connectivity index (χ2n) is 2.33. The normalized spacial score (nSPS) is 11.2. The Morgan fingerprint density at radius 2 is 2.07 bits per heavy atom. The number of hydrogen-bond donors (Lipinski definition) is 1. The van der Waals surface area contributed by atoms with E-state index in [9.17, 15) is 4.79 Å². The number of carbonyl (C=O) groups excluding carboxylic acids is 1. The molecule has 0 fully saturated rings. The summed E-state index contributed by atoms with van der Waals surface area (Å²) in [6.07, 6.45) is 1.53. The molecule has 0 aliphatic rings. The molecule has 0 aromatic carbocycles. The lowest BCUT2D eigenvalue weighted by Crippen LogP contribution is -2.12. The molecule has 1 N–H and O–H groups in total. The Balaban J connectivity index is 3.59. The minimum absolute atomic E-state index is 0.0204. The van der Waals surface area contributed by atoms with Gasteiger partial charge in [0.15, 0.2) is 5.76 Å². The van der Waals surface area contributed by atoms with Gasteiger partial charge in [0, 0.05) is 0 Å². The van der Waals surface area contributed by atoms with Crippen LogP contribution in [0.15, 0.2) is 11.8 Å². The number of aliphatic hydroxyl groups is 1. The Bertz CT molecular complexity index is 188. The summed E-state index contributed by atoms with van der Waals surface area (Å²) >= 11 is 0. The van der Waals surface area contributed by atoms with E-state index >= 15 is 0 Å². The summed E-state index contributed by atoms with van der Waals surface area (Å²) in [6.45, 7) is 2.52. The lowest BCUT2D eigenvalue weighted by Gasteiger charge is -2.07. The van der Waals surface area contributed by atoms with E-state index in [0.717, 1.165) is 0 Å². The van der Waals surface area contributed by atoms with Crippen LogP contribution in [0.4, 0.5) is 0 Å². The highest BCUT2D eigenvalue weighted by Gasteiger charge is 2.08. The van der Waals surface area contributed by atoms with Crippen LogP contribution in [0.1, 0.15) is 6.92 Å². The quantitative estimate of drug-likeness (QED) is 0.275. The van der Waals surface area contributed by atoms with Gasteiger partial charge in [0.1, 0.15) is 6.61 Å². The fourth-order valence-electron chi connectivity index (χ4n) is 0.738. The maximum Gasteiger partial charge on any atom is 0.372 e. The maximum absolute atomic E-state index is 11.0. The molecule has 0 spiro atoms. The first-order chi connectivity index (χ1) is 6.76. The predicted octanol–water partition coefficient (Wildman–Crippen LogP) is 0.0887. The van der Waals surface area contributed by atoms with Crippen LogP contribution in [-0.2, 0) is 19.0 Å². The fourth-order valence-corrected chi connectivity index (χ4v) is 0.738. The first-order valence-electron chi connectivity index (χ1n) is 4.32. The molecule has 0 atom stereocenters. The summed E-state index contributed by atoms with van der Waals surface area (Å²) in [5.41, 5.74) is 0. The minimum atomic E-state index is -0.505. The van der Waals surface area contributed by atoms with Crippen LogP contribution >= 0.6 is 0 Å². The average molecular weight is 204 g/mol. The monoisotopic (exact) mass is 204 g/mol. The molecule has 0 bridgehead atoms. The van der Waals surface area contributed by atoms with E-state index in [0.29, 0.717) is 6.61 Å². The van der Waals surface area contributed by atoms with Gasteiger partial charge in [-0.3, -0.25) is 0 Å². The van der Waals surface area contributed by atoms with Crippen molar-refractivity contribution < 1.29 is 24.1 Å². The van der Waals surface area contributed by atoms with E-state index in [1.807, 2.05) is 0 Å². The molecule has 82 valence electrons. The number of ether oxygens (including phenoxy) is 3. The van der Waals surface area contributed by atoms with Gasteiger partial charge in [-0.1, -0.05) is 0 Å².